The van der Waals surface area contributed by atoms with E-state index in [9.17, 15) is 0 Å². The third kappa shape index (κ3) is 6.73. The molecule has 0 saturated carbocycles. The highest BCUT2D eigenvalue weighted by atomic mass is 15.1. The molecule has 0 bridgehead atoms. The SMILES string of the molecule is c1ccc(-c2ccc(-c3ccccc3)c(-c3ccc(-c4ccc(N(c5ccccc5)c5ccc(-c6ccc7ccc8cccnc8c7n6)cc5)cc4)cc3)c2)cc1. The van der Waals surface area contributed by atoms with Crippen molar-refractivity contribution in [1.82, 2.24) is 9.97 Å². The van der Waals surface area contributed by atoms with Crippen LogP contribution in [0.25, 0.3) is 77.6 Å². The third-order valence-electron chi connectivity index (χ3n) is 10.7. The van der Waals surface area contributed by atoms with Gasteiger partial charge in [0.05, 0.1) is 16.7 Å². The van der Waals surface area contributed by atoms with E-state index in [0.29, 0.717) is 0 Å². The molecule has 57 heavy (non-hydrogen) atoms. The summed E-state index contributed by atoms with van der Waals surface area (Å²) in [5.41, 5.74) is 16.7. The average Bonchev–Trinajstić information content (AvgIpc) is 3.30. The van der Waals surface area contributed by atoms with E-state index in [-0.39, 0.29) is 0 Å². The predicted molar refractivity (Wildman–Crippen MR) is 239 cm³/mol. The first-order valence-corrected chi connectivity index (χ1v) is 19.3. The lowest BCUT2D eigenvalue weighted by Gasteiger charge is -2.26. The summed E-state index contributed by atoms with van der Waals surface area (Å²) in [5, 5.41) is 2.18. The van der Waals surface area contributed by atoms with Crippen molar-refractivity contribution in [3.8, 4) is 55.8 Å². The molecule has 10 aromatic rings. The van der Waals surface area contributed by atoms with E-state index in [1.165, 1.54) is 44.5 Å². The summed E-state index contributed by atoms with van der Waals surface area (Å²) in [6, 6.07) is 77.6. The zero-order valence-corrected chi connectivity index (χ0v) is 31.2. The minimum atomic E-state index is 0.921. The number of benzene rings is 8. The molecule has 0 aliphatic rings. The van der Waals surface area contributed by atoms with Crippen molar-refractivity contribution < 1.29 is 0 Å². The Labute approximate surface area is 332 Å². The van der Waals surface area contributed by atoms with Gasteiger partial charge in [0.25, 0.3) is 0 Å². The van der Waals surface area contributed by atoms with Crippen LogP contribution >= 0.6 is 0 Å². The lowest BCUT2D eigenvalue weighted by atomic mass is 9.90. The fourth-order valence-electron chi connectivity index (χ4n) is 7.80. The predicted octanol–water partition coefficient (Wildman–Crippen LogP) is 14.6. The summed E-state index contributed by atoms with van der Waals surface area (Å²) in [5.74, 6) is 0. The Balaban J connectivity index is 0.954. The van der Waals surface area contributed by atoms with Crippen molar-refractivity contribution in [2.45, 2.75) is 0 Å². The van der Waals surface area contributed by atoms with Crippen LogP contribution in [0.4, 0.5) is 17.1 Å². The summed E-state index contributed by atoms with van der Waals surface area (Å²) < 4.78 is 0. The van der Waals surface area contributed by atoms with Gasteiger partial charge in [-0.25, -0.2) is 4.98 Å². The molecule has 268 valence electrons. The fourth-order valence-corrected chi connectivity index (χ4v) is 7.80. The van der Waals surface area contributed by atoms with E-state index in [2.05, 4.69) is 222 Å². The van der Waals surface area contributed by atoms with Crippen LogP contribution in [0.1, 0.15) is 0 Å². The van der Waals surface area contributed by atoms with Gasteiger partial charge in [-0.15, -0.1) is 0 Å². The normalized spacial score (nSPS) is 11.2. The Morgan fingerprint density at radius 1 is 0.298 bits per heavy atom. The topological polar surface area (TPSA) is 29.0 Å². The number of nitrogens with zero attached hydrogens (tertiary/aromatic N) is 3. The Bertz CT molecular complexity index is 2960. The zero-order valence-electron chi connectivity index (χ0n) is 31.2. The lowest BCUT2D eigenvalue weighted by molar-refractivity contribution is 1.28. The highest BCUT2D eigenvalue weighted by Gasteiger charge is 2.15. The van der Waals surface area contributed by atoms with E-state index in [0.717, 1.165) is 50.1 Å². The van der Waals surface area contributed by atoms with Crippen LogP contribution in [0.5, 0.6) is 0 Å². The molecule has 2 aromatic heterocycles. The highest BCUT2D eigenvalue weighted by Crippen LogP contribution is 2.39. The van der Waals surface area contributed by atoms with Crippen molar-refractivity contribution >= 4 is 38.9 Å². The summed E-state index contributed by atoms with van der Waals surface area (Å²) in [7, 11) is 0. The number of pyridine rings is 2. The maximum Gasteiger partial charge on any atom is 0.0972 e. The van der Waals surface area contributed by atoms with E-state index >= 15 is 0 Å². The Hall–Kier alpha value is -7.62. The summed E-state index contributed by atoms with van der Waals surface area (Å²) in [4.78, 5) is 12.0. The van der Waals surface area contributed by atoms with Crippen LogP contribution < -0.4 is 4.90 Å². The van der Waals surface area contributed by atoms with Crippen LogP contribution in [0, 0.1) is 0 Å². The van der Waals surface area contributed by atoms with E-state index in [1.807, 2.05) is 12.3 Å². The molecule has 0 amide bonds. The highest BCUT2D eigenvalue weighted by molar-refractivity contribution is 6.03. The number of hydrogen-bond donors (Lipinski definition) is 0. The largest absolute Gasteiger partial charge is 0.311 e. The van der Waals surface area contributed by atoms with Crippen LogP contribution in [-0.4, -0.2) is 9.97 Å². The van der Waals surface area contributed by atoms with Crippen LogP contribution in [-0.2, 0) is 0 Å². The van der Waals surface area contributed by atoms with Gasteiger partial charge in [0.1, 0.15) is 0 Å². The van der Waals surface area contributed by atoms with Crippen molar-refractivity contribution in [2.75, 3.05) is 4.90 Å². The number of rotatable bonds is 8. The molecule has 8 aromatic carbocycles. The number of hydrogen-bond acceptors (Lipinski definition) is 3. The van der Waals surface area contributed by atoms with E-state index in [4.69, 9.17) is 4.98 Å². The fraction of sp³-hybridized carbons (Fsp3) is 0. The molecular formula is C54H37N3. The van der Waals surface area contributed by atoms with Gasteiger partial charge in [0.2, 0.25) is 0 Å². The standard InChI is InChI=1S/C54H37N3/c1-4-11-38(12-5-1)46-28-34-50(41-13-6-2-7-14-41)51(37-46)42-20-18-39(19-21-42)40-24-30-48(31-25-40)57(47-16-8-3-9-17-47)49-32-26-43(27-33-49)52-35-29-45-23-22-44-15-10-36-55-53(44)54(45)56-52/h1-37H. The molecule has 0 aliphatic carbocycles. The molecule has 0 saturated heterocycles. The monoisotopic (exact) mass is 727 g/mol. The van der Waals surface area contributed by atoms with Gasteiger partial charge in [-0.1, -0.05) is 164 Å². The molecule has 0 aliphatic heterocycles. The van der Waals surface area contributed by atoms with Gasteiger partial charge in [0.15, 0.2) is 0 Å². The Morgan fingerprint density at radius 2 is 0.772 bits per heavy atom. The van der Waals surface area contributed by atoms with Gasteiger partial charge in [-0.05, 0) is 99.1 Å². The molecular weight excluding hydrogens is 691 g/mol. The molecule has 0 radical (unpaired) electrons. The first-order valence-electron chi connectivity index (χ1n) is 19.3. The van der Waals surface area contributed by atoms with E-state index < -0.39 is 0 Å². The van der Waals surface area contributed by atoms with Crippen molar-refractivity contribution in [2.24, 2.45) is 0 Å². The van der Waals surface area contributed by atoms with Crippen LogP contribution in [0.3, 0.4) is 0 Å². The first-order chi connectivity index (χ1) is 28.2. The van der Waals surface area contributed by atoms with Gasteiger partial charge in [-0.3, -0.25) is 4.98 Å². The van der Waals surface area contributed by atoms with E-state index in [1.54, 1.807) is 0 Å². The second-order valence-corrected chi connectivity index (χ2v) is 14.2. The maximum absolute atomic E-state index is 5.08. The Morgan fingerprint density at radius 3 is 1.44 bits per heavy atom. The van der Waals surface area contributed by atoms with Crippen molar-refractivity contribution in [3.05, 3.63) is 225 Å². The first kappa shape index (κ1) is 33.9. The quantitative estimate of drug-likeness (QED) is 0.146. The Kier molecular flexibility index (Phi) is 8.86. The van der Waals surface area contributed by atoms with Crippen LogP contribution in [0.2, 0.25) is 0 Å². The van der Waals surface area contributed by atoms with Gasteiger partial charge < -0.3 is 4.90 Å². The molecule has 0 fully saturated rings. The van der Waals surface area contributed by atoms with Gasteiger partial charge in [0, 0.05) is 39.6 Å². The molecule has 3 heteroatoms. The second kappa shape index (κ2) is 14.9. The molecule has 3 nitrogen and oxygen atoms in total. The van der Waals surface area contributed by atoms with Crippen molar-refractivity contribution in [3.63, 3.8) is 0 Å². The lowest BCUT2D eigenvalue weighted by Crippen LogP contribution is -2.09. The number of para-hydroxylation sites is 1. The van der Waals surface area contributed by atoms with Crippen molar-refractivity contribution in [1.29, 1.82) is 0 Å². The summed E-state index contributed by atoms with van der Waals surface area (Å²) in [6.45, 7) is 0. The number of fused-ring (bicyclic) bond motifs is 3. The van der Waals surface area contributed by atoms with Gasteiger partial charge >= 0.3 is 0 Å². The molecule has 10 rings (SSSR count). The molecule has 0 N–H and O–H groups in total. The molecule has 0 spiro atoms. The van der Waals surface area contributed by atoms with Gasteiger partial charge in [-0.2, -0.15) is 0 Å². The minimum Gasteiger partial charge on any atom is -0.311 e. The smallest absolute Gasteiger partial charge is 0.0972 e. The number of anilines is 3. The summed E-state index contributed by atoms with van der Waals surface area (Å²) >= 11 is 0. The maximum atomic E-state index is 5.08. The average molecular weight is 728 g/mol. The van der Waals surface area contributed by atoms with Crippen LogP contribution in [0.15, 0.2) is 225 Å². The number of aromatic nitrogens is 2. The minimum absolute atomic E-state index is 0.921. The third-order valence-corrected chi connectivity index (χ3v) is 10.7. The summed E-state index contributed by atoms with van der Waals surface area (Å²) in [6.07, 6.45) is 1.83. The molecule has 0 unspecified atom stereocenters. The second-order valence-electron chi connectivity index (χ2n) is 14.2. The molecule has 0 atom stereocenters. The molecule has 2 heterocycles. The zero-order chi connectivity index (χ0) is 38.0.